The van der Waals surface area contributed by atoms with Crippen molar-refractivity contribution < 1.29 is 24.0 Å². The molecule has 0 aromatic heterocycles. The summed E-state index contributed by atoms with van der Waals surface area (Å²) in [5.74, 6) is -1.96. The van der Waals surface area contributed by atoms with Crippen LogP contribution in [0, 0.1) is 5.92 Å². The highest BCUT2D eigenvalue weighted by Crippen LogP contribution is 2.18. The van der Waals surface area contributed by atoms with Gasteiger partial charge in [-0.05, 0) is 12.3 Å². The molecule has 0 saturated carbocycles. The summed E-state index contributed by atoms with van der Waals surface area (Å²) in [7, 11) is -1.01. The van der Waals surface area contributed by atoms with E-state index < -0.39 is 28.7 Å². The molecule has 0 heterocycles. The standard InChI is InChI=1S/C10H18O5S/c1-3-16(15)7(2)4-8(5-9(11)12)6-10(13)14/h7-8H,3-6H2,1-2H3,(H,11,12)(H,13,14). The van der Waals surface area contributed by atoms with Gasteiger partial charge in [-0.25, -0.2) is 0 Å². The zero-order valence-corrected chi connectivity index (χ0v) is 10.3. The van der Waals surface area contributed by atoms with Gasteiger partial charge in [0.2, 0.25) is 0 Å². The number of aliphatic carboxylic acids is 2. The lowest BCUT2D eigenvalue weighted by Gasteiger charge is -2.17. The molecule has 0 aliphatic heterocycles. The molecule has 94 valence electrons. The molecule has 2 N–H and O–H groups in total. The first-order chi connectivity index (χ1) is 7.36. The number of hydrogen-bond acceptors (Lipinski definition) is 3. The van der Waals surface area contributed by atoms with Crippen LogP contribution < -0.4 is 0 Å². The highest BCUT2D eigenvalue weighted by atomic mass is 32.2. The topological polar surface area (TPSA) is 91.7 Å². The van der Waals surface area contributed by atoms with Crippen molar-refractivity contribution in [2.24, 2.45) is 5.92 Å². The molecule has 2 atom stereocenters. The Labute approximate surface area is 97.3 Å². The van der Waals surface area contributed by atoms with E-state index in [0.29, 0.717) is 12.2 Å². The molecule has 0 amide bonds. The van der Waals surface area contributed by atoms with E-state index in [1.54, 1.807) is 13.8 Å². The molecule has 0 aromatic carbocycles. The molecular weight excluding hydrogens is 232 g/mol. The second-order valence-electron chi connectivity index (χ2n) is 3.78. The maximum atomic E-state index is 11.4. The Balaban J connectivity index is 4.34. The van der Waals surface area contributed by atoms with Gasteiger partial charge in [-0.3, -0.25) is 13.8 Å². The van der Waals surface area contributed by atoms with Crippen LogP contribution in [0.1, 0.15) is 33.1 Å². The molecule has 2 unspecified atom stereocenters. The molecule has 0 aliphatic rings. The third-order valence-corrected chi connectivity index (χ3v) is 3.98. The van der Waals surface area contributed by atoms with Crippen LogP contribution in [0.25, 0.3) is 0 Å². The van der Waals surface area contributed by atoms with Crippen LogP contribution in [0.15, 0.2) is 0 Å². The van der Waals surface area contributed by atoms with Gasteiger partial charge in [0.15, 0.2) is 0 Å². The summed E-state index contributed by atoms with van der Waals surface area (Å²) >= 11 is 0. The first kappa shape index (κ1) is 15.1. The Morgan fingerprint density at radius 2 is 1.62 bits per heavy atom. The lowest BCUT2D eigenvalue weighted by molar-refractivity contribution is -0.140. The van der Waals surface area contributed by atoms with E-state index in [4.69, 9.17) is 10.2 Å². The quantitative estimate of drug-likeness (QED) is 0.673. The van der Waals surface area contributed by atoms with Gasteiger partial charge in [-0.1, -0.05) is 13.8 Å². The van der Waals surface area contributed by atoms with Gasteiger partial charge >= 0.3 is 11.9 Å². The molecule has 0 aromatic rings. The predicted molar refractivity (Wildman–Crippen MR) is 60.8 cm³/mol. The molecule has 0 aliphatic carbocycles. The van der Waals surface area contributed by atoms with E-state index in [0.717, 1.165) is 0 Å². The Kier molecular flexibility index (Phi) is 6.96. The molecule has 0 fully saturated rings. The minimum absolute atomic E-state index is 0.159. The van der Waals surface area contributed by atoms with E-state index in [2.05, 4.69) is 0 Å². The molecule has 0 spiro atoms. The van der Waals surface area contributed by atoms with Crippen molar-refractivity contribution in [1.29, 1.82) is 0 Å². The van der Waals surface area contributed by atoms with Gasteiger partial charge in [0.05, 0.1) is 0 Å². The zero-order valence-electron chi connectivity index (χ0n) is 9.51. The van der Waals surface area contributed by atoms with Crippen LogP contribution in [0.4, 0.5) is 0 Å². The average Bonchev–Trinajstić information content (AvgIpc) is 2.14. The van der Waals surface area contributed by atoms with E-state index in [9.17, 15) is 13.8 Å². The third kappa shape index (κ3) is 6.55. The monoisotopic (exact) mass is 250 g/mol. The van der Waals surface area contributed by atoms with Gasteiger partial charge < -0.3 is 10.2 Å². The fourth-order valence-electron chi connectivity index (χ4n) is 1.59. The highest BCUT2D eigenvalue weighted by molar-refractivity contribution is 7.85. The fourth-order valence-corrected chi connectivity index (χ4v) is 2.65. The van der Waals surface area contributed by atoms with Crippen molar-refractivity contribution in [2.75, 3.05) is 5.75 Å². The Morgan fingerprint density at radius 3 is 1.94 bits per heavy atom. The van der Waals surface area contributed by atoms with Gasteiger partial charge in [-0.15, -0.1) is 0 Å². The van der Waals surface area contributed by atoms with Crippen molar-refractivity contribution in [1.82, 2.24) is 0 Å². The summed E-state index contributed by atoms with van der Waals surface area (Å²) in [6.45, 7) is 3.55. The molecule has 16 heavy (non-hydrogen) atoms. The van der Waals surface area contributed by atoms with Gasteiger partial charge in [0.25, 0.3) is 0 Å². The van der Waals surface area contributed by atoms with E-state index >= 15 is 0 Å². The number of carboxylic acids is 2. The second kappa shape index (κ2) is 7.38. The van der Waals surface area contributed by atoms with Crippen molar-refractivity contribution in [3.63, 3.8) is 0 Å². The summed E-state index contributed by atoms with van der Waals surface area (Å²) in [4.78, 5) is 21.1. The maximum Gasteiger partial charge on any atom is 0.303 e. The van der Waals surface area contributed by atoms with Crippen LogP contribution in [-0.2, 0) is 20.4 Å². The number of carbonyl (C=O) groups is 2. The molecule has 6 heteroatoms. The Bertz CT molecular complexity index is 260. The molecule has 0 rings (SSSR count). The summed E-state index contributed by atoms with van der Waals surface area (Å²) < 4.78 is 11.4. The molecule has 0 radical (unpaired) electrons. The Morgan fingerprint density at radius 1 is 1.19 bits per heavy atom. The van der Waals surface area contributed by atoms with E-state index in [1.807, 2.05) is 0 Å². The van der Waals surface area contributed by atoms with Crippen LogP contribution in [-0.4, -0.2) is 37.4 Å². The zero-order chi connectivity index (χ0) is 12.7. The summed E-state index contributed by atoms with van der Waals surface area (Å²) in [5.41, 5.74) is 0. The predicted octanol–water partition coefficient (Wildman–Crippen LogP) is 1.10. The van der Waals surface area contributed by atoms with Crippen molar-refractivity contribution >= 4 is 22.7 Å². The first-order valence-electron chi connectivity index (χ1n) is 5.17. The minimum Gasteiger partial charge on any atom is -0.481 e. The third-order valence-electron chi connectivity index (χ3n) is 2.33. The fraction of sp³-hybridized carbons (Fsp3) is 0.800. The van der Waals surface area contributed by atoms with Crippen LogP contribution in [0.5, 0.6) is 0 Å². The van der Waals surface area contributed by atoms with Gasteiger partial charge in [0.1, 0.15) is 0 Å². The van der Waals surface area contributed by atoms with Gasteiger partial charge in [-0.2, -0.15) is 0 Å². The normalized spacial score (nSPS) is 14.7. The highest BCUT2D eigenvalue weighted by Gasteiger charge is 2.21. The molecule has 0 bridgehead atoms. The lowest BCUT2D eigenvalue weighted by Crippen LogP contribution is -2.21. The van der Waals surface area contributed by atoms with Crippen molar-refractivity contribution in [2.45, 2.75) is 38.4 Å². The average molecular weight is 250 g/mol. The summed E-state index contributed by atoms with van der Waals surface area (Å²) in [6.07, 6.45) is 0.00809. The van der Waals surface area contributed by atoms with Crippen LogP contribution in [0.3, 0.4) is 0 Å². The van der Waals surface area contributed by atoms with Gasteiger partial charge in [0, 0.05) is 34.6 Å². The SMILES string of the molecule is CCS(=O)C(C)CC(CC(=O)O)CC(=O)O. The van der Waals surface area contributed by atoms with E-state index in [1.165, 1.54) is 0 Å². The van der Waals surface area contributed by atoms with Crippen LogP contribution in [0.2, 0.25) is 0 Å². The molecule has 0 saturated heterocycles. The number of hydrogen-bond donors (Lipinski definition) is 2. The summed E-state index contributed by atoms with van der Waals surface area (Å²) in [5, 5.41) is 17.1. The number of rotatable bonds is 8. The largest absolute Gasteiger partial charge is 0.481 e. The summed E-state index contributed by atoms with van der Waals surface area (Å²) in [6, 6.07) is 0. The minimum atomic E-state index is -1.01. The van der Waals surface area contributed by atoms with E-state index in [-0.39, 0.29) is 18.1 Å². The lowest BCUT2D eigenvalue weighted by atomic mass is 9.96. The Hall–Kier alpha value is -0.910. The first-order valence-corrected chi connectivity index (χ1v) is 6.55. The maximum absolute atomic E-state index is 11.4. The number of carboxylic acid groups (broad SMARTS) is 2. The second-order valence-corrected chi connectivity index (χ2v) is 5.92. The van der Waals surface area contributed by atoms with Crippen LogP contribution >= 0.6 is 0 Å². The smallest absolute Gasteiger partial charge is 0.303 e. The molecular formula is C10H18O5S. The molecule has 5 nitrogen and oxygen atoms in total. The van der Waals surface area contributed by atoms with Crippen molar-refractivity contribution in [3.05, 3.63) is 0 Å². The van der Waals surface area contributed by atoms with Crippen molar-refractivity contribution in [3.8, 4) is 0 Å².